The molecule has 1 aliphatic carbocycles. The zero-order chi connectivity index (χ0) is 22.3. The molecule has 0 amide bonds. The van der Waals surface area contributed by atoms with Crippen molar-refractivity contribution in [1.29, 1.82) is 0 Å². The van der Waals surface area contributed by atoms with Gasteiger partial charge >= 0.3 is 0 Å². The maximum Gasteiger partial charge on any atom is 0.225 e. The minimum absolute atomic E-state index is 0.434. The molecule has 5 nitrogen and oxygen atoms in total. The highest BCUT2D eigenvalue weighted by atomic mass is 35.5. The van der Waals surface area contributed by atoms with Gasteiger partial charge in [-0.2, -0.15) is 16.7 Å². The molecule has 0 radical (unpaired) electrons. The molecule has 1 aromatic heterocycles. The molecule has 2 N–H and O–H groups in total. The molecule has 0 unspecified atom stereocenters. The van der Waals surface area contributed by atoms with Gasteiger partial charge in [0.05, 0.1) is 5.52 Å². The molecule has 1 aliphatic rings. The quantitative estimate of drug-likeness (QED) is 0.398. The summed E-state index contributed by atoms with van der Waals surface area (Å²) in [6, 6.07) is 17.4. The van der Waals surface area contributed by atoms with Crippen molar-refractivity contribution in [3.8, 4) is 0 Å². The molecule has 170 valence electrons. The fourth-order valence-electron chi connectivity index (χ4n) is 4.20. The van der Waals surface area contributed by atoms with E-state index in [9.17, 15) is 0 Å². The van der Waals surface area contributed by atoms with Crippen LogP contribution in [0.25, 0.3) is 10.9 Å². The van der Waals surface area contributed by atoms with Crippen LogP contribution >= 0.6 is 23.4 Å². The highest BCUT2D eigenvalue weighted by Crippen LogP contribution is 2.26. The van der Waals surface area contributed by atoms with Crippen LogP contribution in [0, 0.1) is 0 Å². The summed E-state index contributed by atoms with van der Waals surface area (Å²) in [6.07, 6.45) is 4.66. The molecule has 1 saturated carbocycles. The van der Waals surface area contributed by atoms with E-state index in [1.54, 1.807) is 0 Å². The highest BCUT2D eigenvalue weighted by molar-refractivity contribution is 7.98. The van der Waals surface area contributed by atoms with Crippen molar-refractivity contribution in [3.63, 3.8) is 0 Å². The monoisotopic (exact) mass is 469 g/mol. The van der Waals surface area contributed by atoms with E-state index in [0.29, 0.717) is 12.1 Å². The van der Waals surface area contributed by atoms with E-state index in [2.05, 4.69) is 39.8 Å². The number of rotatable bonds is 9. The molecule has 7 heteroatoms. The van der Waals surface area contributed by atoms with Gasteiger partial charge in [0, 0.05) is 54.6 Å². The first kappa shape index (κ1) is 23.1. The van der Waals surface area contributed by atoms with E-state index in [1.807, 2.05) is 50.1 Å². The molecule has 1 fully saturated rings. The van der Waals surface area contributed by atoms with Gasteiger partial charge in [0.25, 0.3) is 0 Å². The van der Waals surface area contributed by atoms with Gasteiger partial charge in [0.2, 0.25) is 5.95 Å². The third-order valence-electron chi connectivity index (χ3n) is 5.93. The van der Waals surface area contributed by atoms with E-state index in [-0.39, 0.29) is 0 Å². The fraction of sp³-hybridized carbons (Fsp3) is 0.440. The first-order valence-corrected chi connectivity index (χ1v) is 12.9. The second kappa shape index (κ2) is 11.2. The Labute approximate surface area is 200 Å². The number of nitrogens with zero attached hydrogens (tertiary/aromatic N) is 3. The summed E-state index contributed by atoms with van der Waals surface area (Å²) in [5.41, 5.74) is 2.32. The van der Waals surface area contributed by atoms with Crippen LogP contribution in [-0.4, -0.2) is 48.4 Å². The Hall–Kier alpha value is -2.02. The van der Waals surface area contributed by atoms with Gasteiger partial charge in [-0.3, -0.25) is 0 Å². The zero-order valence-corrected chi connectivity index (χ0v) is 20.4. The Morgan fingerprint density at radius 3 is 2.44 bits per heavy atom. The number of anilines is 2. The normalized spacial score (nSPS) is 18.6. The number of benzene rings is 2. The summed E-state index contributed by atoms with van der Waals surface area (Å²) in [5.74, 6) is 3.86. The molecule has 32 heavy (non-hydrogen) atoms. The Morgan fingerprint density at radius 2 is 1.69 bits per heavy atom. The van der Waals surface area contributed by atoms with E-state index in [0.717, 1.165) is 58.6 Å². The van der Waals surface area contributed by atoms with Crippen LogP contribution in [0.4, 0.5) is 11.8 Å². The lowest BCUT2D eigenvalue weighted by atomic mass is 9.91. The zero-order valence-electron chi connectivity index (χ0n) is 18.9. The van der Waals surface area contributed by atoms with Crippen LogP contribution in [-0.2, 0) is 5.75 Å². The maximum atomic E-state index is 5.95. The number of nitrogens with one attached hydrogen (secondary N) is 2. The largest absolute Gasteiger partial charge is 0.362 e. The molecule has 3 aromatic rings. The molecule has 4 rings (SSSR count). The Morgan fingerprint density at radius 1 is 0.969 bits per heavy atom. The summed E-state index contributed by atoms with van der Waals surface area (Å²) < 4.78 is 0. The number of halogens is 1. The Kier molecular flexibility index (Phi) is 8.11. The van der Waals surface area contributed by atoms with E-state index < -0.39 is 0 Å². The van der Waals surface area contributed by atoms with E-state index in [4.69, 9.17) is 21.6 Å². The summed E-state index contributed by atoms with van der Waals surface area (Å²) in [4.78, 5) is 11.6. The van der Waals surface area contributed by atoms with Gasteiger partial charge in [0.15, 0.2) is 0 Å². The average Bonchev–Trinajstić information content (AvgIpc) is 2.80. The summed E-state index contributed by atoms with van der Waals surface area (Å²) >= 11 is 7.92. The third kappa shape index (κ3) is 6.27. The first-order valence-electron chi connectivity index (χ1n) is 11.3. The lowest BCUT2D eigenvalue weighted by molar-refractivity contribution is 0.359. The first-order chi connectivity index (χ1) is 15.6. The second-order valence-electron chi connectivity index (χ2n) is 8.61. The van der Waals surface area contributed by atoms with Crippen molar-refractivity contribution in [2.24, 2.45) is 0 Å². The van der Waals surface area contributed by atoms with Gasteiger partial charge in [0.1, 0.15) is 5.82 Å². The molecular formula is C25H32ClN5S. The van der Waals surface area contributed by atoms with Crippen molar-refractivity contribution in [2.45, 2.75) is 43.5 Å². The van der Waals surface area contributed by atoms with Crippen LogP contribution in [0.2, 0.25) is 5.02 Å². The topological polar surface area (TPSA) is 53.1 Å². The minimum Gasteiger partial charge on any atom is -0.362 e. The molecule has 1 heterocycles. The lowest BCUT2D eigenvalue weighted by Crippen LogP contribution is -2.38. The van der Waals surface area contributed by atoms with Crippen LogP contribution in [0.3, 0.4) is 0 Å². The van der Waals surface area contributed by atoms with Gasteiger partial charge in [-0.25, -0.2) is 4.98 Å². The minimum atomic E-state index is 0.434. The number of thioether (sulfide) groups is 1. The maximum absolute atomic E-state index is 5.95. The molecular weight excluding hydrogens is 438 g/mol. The molecule has 2 aromatic carbocycles. The van der Waals surface area contributed by atoms with E-state index >= 15 is 0 Å². The molecule has 0 bridgehead atoms. The summed E-state index contributed by atoms with van der Waals surface area (Å²) in [5, 5.41) is 9.23. The number of fused-ring (bicyclic) bond motifs is 1. The highest BCUT2D eigenvalue weighted by Gasteiger charge is 2.21. The number of hydrogen-bond acceptors (Lipinski definition) is 6. The van der Waals surface area contributed by atoms with Crippen molar-refractivity contribution in [1.82, 2.24) is 15.3 Å². The van der Waals surface area contributed by atoms with Crippen molar-refractivity contribution in [2.75, 3.05) is 36.6 Å². The van der Waals surface area contributed by atoms with Gasteiger partial charge in [-0.05, 0) is 55.5 Å². The van der Waals surface area contributed by atoms with Gasteiger partial charge in [-0.15, -0.1) is 0 Å². The fourth-order valence-corrected chi connectivity index (χ4v) is 5.16. The Bertz CT molecular complexity index is 1000. The summed E-state index contributed by atoms with van der Waals surface area (Å²) in [6.45, 7) is 1.06. The number of para-hydroxylation sites is 1. The average molecular weight is 470 g/mol. The third-order valence-corrected chi connectivity index (χ3v) is 7.21. The van der Waals surface area contributed by atoms with Gasteiger partial charge < -0.3 is 15.5 Å². The SMILES string of the molecule is CN(C)c1nc(N[C@H]2CC[C@@H](NCCSCc3ccc(Cl)cc3)CC2)nc2ccccc12. The number of hydrogen-bond donors (Lipinski definition) is 2. The van der Waals surface area contributed by atoms with Gasteiger partial charge in [-0.1, -0.05) is 35.9 Å². The number of aromatic nitrogens is 2. The van der Waals surface area contributed by atoms with Crippen LogP contribution in [0.5, 0.6) is 0 Å². The van der Waals surface area contributed by atoms with Crippen molar-refractivity contribution >= 4 is 46.0 Å². The summed E-state index contributed by atoms with van der Waals surface area (Å²) in [7, 11) is 4.06. The molecule has 0 aliphatic heterocycles. The standard InChI is InChI=1S/C25H32ClN5S/c1-31(2)24-22-5-3-4-6-23(22)29-25(30-24)28-21-13-11-20(12-14-21)27-15-16-32-17-18-7-9-19(26)10-8-18/h3-10,20-21,27H,11-17H2,1-2H3,(H,28,29,30)/t20-,21+. The van der Waals surface area contributed by atoms with Crippen molar-refractivity contribution in [3.05, 3.63) is 59.1 Å². The molecule has 0 spiro atoms. The predicted octanol–water partition coefficient (Wildman–Crippen LogP) is 5.60. The smallest absolute Gasteiger partial charge is 0.225 e. The molecule has 0 saturated heterocycles. The van der Waals surface area contributed by atoms with Crippen molar-refractivity contribution < 1.29 is 0 Å². The van der Waals surface area contributed by atoms with E-state index in [1.165, 1.54) is 18.4 Å². The Balaban J connectivity index is 1.20. The predicted molar refractivity (Wildman–Crippen MR) is 139 cm³/mol. The van der Waals surface area contributed by atoms with Crippen LogP contribution in [0.15, 0.2) is 48.5 Å². The van der Waals surface area contributed by atoms with Crippen LogP contribution < -0.4 is 15.5 Å². The second-order valence-corrected chi connectivity index (χ2v) is 10.2. The lowest BCUT2D eigenvalue weighted by Gasteiger charge is -2.30. The van der Waals surface area contributed by atoms with Crippen LogP contribution in [0.1, 0.15) is 31.2 Å². The molecule has 0 atom stereocenters.